The number of rotatable bonds is 6. The fourth-order valence-corrected chi connectivity index (χ4v) is 7.59. The van der Waals surface area contributed by atoms with Crippen LogP contribution < -0.4 is 0 Å². The van der Waals surface area contributed by atoms with Crippen LogP contribution in [0.3, 0.4) is 0 Å². The summed E-state index contributed by atoms with van der Waals surface area (Å²) in [6, 6.07) is 25.2. The highest BCUT2D eigenvalue weighted by Gasteiger charge is 2.27. The van der Waals surface area contributed by atoms with Crippen molar-refractivity contribution in [2.45, 2.75) is 92.2 Å². The molecule has 8 aromatic rings. The van der Waals surface area contributed by atoms with E-state index in [1.165, 1.54) is 0 Å². The zero-order valence-electron chi connectivity index (χ0n) is 51.0. The largest absolute Gasteiger partial charge is 0.507 e. The van der Waals surface area contributed by atoms with Crippen molar-refractivity contribution in [2.24, 2.45) is 0 Å². The maximum absolute atomic E-state index is 11.8. The molecule has 0 aliphatic heterocycles. The van der Waals surface area contributed by atoms with E-state index < -0.39 is 90.5 Å². The van der Waals surface area contributed by atoms with Crippen molar-refractivity contribution in [1.82, 2.24) is 14.5 Å². The van der Waals surface area contributed by atoms with Crippen molar-refractivity contribution in [2.75, 3.05) is 0 Å². The fraction of sp³-hybridized carbons (Fsp3) is 0.250. The van der Waals surface area contributed by atoms with E-state index in [1.54, 1.807) is 12.1 Å². The van der Waals surface area contributed by atoms with Crippen LogP contribution in [-0.2, 0) is 16.2 Å². The molecule has 8 rings (SSSR count). The number of aromatic hydroxyl groups is 1. The second-order valence-corrected chi connectivity index (χ2v) is 17.5. The minimum Gasteiger partial charge on any atom is -0.507 e. The highest BCUT2D eigenvalue weighted by Crippen LogP contribution is 2.43. The molecular formula is C56H57N3O. The number of imidazole rings is 1. The van der Waals surface area contributed by atoms with Gasteiger partial charge in [-0.2, -0.15) is 0 Å². The molecule has 0 amide bonds. The third-order valence-electron chi connectivity index (χ3n) is 10.7. The molecule has 0 fully saturated rings. The molecule has 0 atom stereocenters. The van der Waals surface area contributed by atoms with Crippen molar-refractivity contribution >= 4 is 11.0 Å². The minimum absolute atomic E-state index is 0.0652. The van der Waals surface area contributed by atoms with Gasteiger partial charge in [0.2, 0.25) is 0 Å². The molecule has 0 saturated heterocycles. The van der Waals surface area contributed by atoms with Gasteiger partial charge >= 0.3 is 0 Å². The maximum atomic E-state index is 11.8. The molecule has 2 aromatic heterocycles. The Morgan fingerprint density at radius 2 is 1.33 bits per heavy atom. The number of phenolic OH excluding ortho intramolecular Hbond substituents is 1. The van der Waals surface area contributed by atoms with Gasteiger partial charge in [0.25, 0.3) is 0 Å². The summed E-state index contributed by atoms with van der Waals surface area (Å²) >= 11 is 0. The fourth-order valence-electron chi connectivity index (χ4n) is 7.59. The average Bonchev–Trinajstić information content (AvgIpc) is 3.77. The number of fused-ring (bicyclic) bond motifs is 1. The van der Waals surface area contributed by atoms with Crippen LogP contribution in [0.4, 0.5) is 0 Å². The monoisotopic (exact) mass is 804 g/mol. The van der Waals surface area contributed by atoms with Gasteiger partial charge in [-0.3, -0.25) is 9.55 Å². The van der Waals surface area contributed by atoms with Crippen LogP contribution in [-0.4, -0.2) is 19.6 Å². The number of para-hydroxylation sites is 1. The van der Waals surface area contributed by atoms with E-state index in [2.05, 4.69) is 60.7 Å². The predicted molar refractivity (Wildman–Crippen MR) is 253 cm³/mol. The topological polar surface area (TPSA) is 50.9 Å². The van der Waals surface area contributed by atoms with Gasteiger partial charge < -0.3 is 5.11 Å². The Morgan fingerprint density at radius 3 is 2.03 bits per heavy atom. The molecule has 0 aliphatic rings. The Morgan fingerprint density at radius 1 is 0.600 bits per heavy atom. The summed E-state index contributed by atoms with van der Waals surface area (Å²) < 4.78 is 140. The highest BCUT2D eigenvalue weighted by molar-refractivity contribution is 5.97. The van der Waals surface area contributed by atoms with Crippen LogP contribution in [0.5, 0.6) is 5.75 Å². The lowest BCUT2D eigenvalue weighted by Gasteiger charge is -2.26. The zero-order valence-corrected chi connectivity index (χ0v) is 35.0. The van der Waals surface area contributed by atoms with Crippen LogP contribution in [0.25, 0.3) is 72.7 Å². The van der Waals surface area contributed by atoms with Gasteiger partial charge in [-0.1, -0.05) is 147 Å². The Balaban J connectivity index is 1.42. The Labute approximate surface area is 379 Å². The van der Waals surface area contributed by atoms with Crippen LogP contribution in [0, 0.1) is 13.8 Å². The molecule has 0 spiro atoms. The van der Waals surface area contributed by atoms with Gasteiger partial charge in [0.1, 0.15) is 11.6 Å². The van der Waals surface area contributed by atoms with Gasteiger partial charge in [-0.15, -0.1) is 0 Å². The smallest absolute Gasteiger partial charge is 0.149 e. The first-order valence-corrected chi connectivity index (χ1v) is 19.8. The van der Waals surface area contributed by atoms with Crippen LogP contribution in [0.1, 0.15) is 112 Å². The van der Waals surface area contributed by atoms with Crippen LogP contribution in [0.15, 0.2) is 139 Å². The zero-order chi connectivity index (χ0) is 56.3. The molecule has 0 radical (unpaired) electrons. The third-order valence-corrected chi connectivity index (χ3v) is 10.7. The molecule has 4 nitrogen and oxygen atoms in total. The lowest BCUT2D eigenvalue weighted by Crippen LogP contribution is -2.16. The van der Waals surface area contributed by atoms with Crippen molar-refractivity contribution in [3.05, 3.63) is 167 Å². The quantitative estimate of drug-likeness (QED) is 0.182. The molecular weight excluding hydrogens is 731 g/mol. The Kier molecular flexibility index (Phi) is 6.38. The summed E-state index contributed by atoms with van der Waals surface area (Å²) in [5.74, 6) is 0.539. The van der Waals surface area contributed by atoms with E-state index in [9.17, 15) is 6.48 Å². The first-order chi connectivity index (χ1) is 35.0. The number of hydrogen-bond donors (Lipinski definition) is 1. The highest BCUT2D eigenvalue weighted by atomic mass is 16.3. The summed E-state index contributed by atoms with van der Waals surface area (Å²) in [6.45, 7) is 4.40. The molecule has 1 N–H and O–H groups in total. The second kappa shape index (κ2) is 15.1. The van der Waals surface area contributed by atoms with Crippen LogP contribution >= 0.6 is 0 Å². The molecule has 6 aromatic carbocycles. The second-order valence-electron chi connectivity index (χ2n) is 17.5. The molecule has 60 heavy (non-hydrogen) atoms. The Bertz CT molecular complexity index is 3570. The number of aryl methyl sites for hydroxylation is 2. The molecule has 0 bridgehead atoms. The van der Waals surface area contributed by atoms with Gasteiger partial charge in [-0.25, -0.2) is 4.98 Å². The van der Waals surface area contributed by atoms with E-state index in [-0.39, 0.29) is 22.4 Å². The number of aromatic nitrogens is 3. The number of phenols is 1. The van der Waals surface area contributed by atoms with E-state index >= 15 is 0 Å². The number of pyridine rings is 1. The molecule has 0 saturated carbocycles. The summed E-state index contributed by atoms with van der Waals surface area (Å²) in [6.07, 6.45) is -0.724. The summed E-state index contributed by atoms with van der Waals surface area (Å²) in [5, 5.41) is 11.8. The first kappa shape index (κ1) is 25.4. The SMILES string of the molecule is [2H]c1nc(-c2cc(-c3cccc4c3nc(-c3cc(C)cc(C)c3O)n4-c3ccc(-c4ccccc4)cc3C(C)(C)C)cc(C(C)(C)C)c2)c([2H])c(-c2c([2H])c([2H])c(C(C([2H])([2H])[2H])(C([2H])([2H])[2H])C([2H])([2H])[2H])c([2H])c2[2H])c1[2H]. The number of nitrogens with zero attached hydrogens (tertiary/aromatic N) is 3. The van der Waals surface area contributed by atoms with Crippen molar-refractivity contribution in [3.63, 3.8) is 0 Å². The van der Waals surface area contributed by atoms with Crippen molar-refractivity contribution in [3.8, 4) is 67.5 Å². The van der Waals surface area contributed by atoms with Crippen LogP contribution in [0.2, 0.25) is 0 Å². The number of benzene rings is 6. The van der Waals surface area contributed by atoms with Crippen molar-refractivity contribution < 1.29 is 27.0 Å². The Hall–Kier alpha value is -6.26. The number of hydrogen-bond acceptors (Lipinski definition) is 3. The first-order valence-electron chi connectivity index (χ1n) is 27.8. The standard InChI is InChI=1S/C56H57N3O/c1-35-28-36(2)52(60)46(29-35)53-58-51-45(18-15-19-50(51)59(53)49-25-22-39(33-47(49)56(9,10)11)37-16-13-12-14-17-37)41-30-42(32-44(31-41)55(6,7)8)48-34-40(26-27-57-48)38-20-23-43(24-21-38)54(3,4)5/h12-34,60H,1-11H3/i3D3,4D3,5D3,20D,21D,23D,24D,26D,27D,34D. The van der Waals surface area contributed by atoms with Gasteiger partial charge in [0, 0.05) is 29.6 Å². The van der Waals surface area contributed by atoms with Gasteiger partial charge in [0.15, 0.2) is 0 Å². The molecule has 302 valence electrons. The molecule has 0 unspecified atom stereocenters. The normalized spacial score (nSPS) is 16.8. The van der Waals surface area contributed by atoms with Crippen molar-refractivity contribution in [1.29, 1.82) is 0 Å². The average molecular weight is 804 g/mol. The van der Waals surface area contributed by atoms with Gasteiger partial charge in [0.05, 0.1) is 37.6 Å². The lowest BCUT2D eigenvalue weighted by atomic mass is 9.83. The van der Waals surface area contributed by atoms with Gasteiger partial charge in [-0.05, 0) is 134 Å². The van der Waals surface area contributed by atoms with E-state index in [4.69, 9.17) is 25.5 Å². The van der Waals surface area contributed by atoms with E-state index in [1.807, 2.05) is 89.2 Å². The molecule has 0 aliphatic carbocycles. The predicted octanol–water partition coefficient (Wildman–Crippen LogP) is 15.0. The van der Waals surface area contributed by atoms with E-state index in [0.29, 0.717) is 39.1 Å². The summed E-state index contributed by atoms with van der Waals surface area (Å²) in [4.78, 5) is 9.79. The van der Waals surface area contributed by atoms with E-state index in [0.717, 1.165) is 33.5 Å². The maximum Gasteiger partial charge on any atom is 0.149 e. The summed E-state index contributed by atoms with van der Waals surface area (Å²) in [7, 11) is 0. The minimum atomic E-state index is -3.92. The third kappa shape index (κ3) is 7.79. The molecule has 2 heterocycles. The molecule has 4 heteroatoms. The summed E-state index contributed by atoms with van der Waals surface area (Å²) in [5.41, 5.74) is 1.68. The lowest BCUT2D eigenvalue weighted by molar-refractivity contribution is 0.472.